The number of benzene rings is 2. The van der Waals surface area contributed by atoms with Gasteiger partial charge in [-0.25, -0.2) is 4.68 Å². The Balaban J connectivity index is 1.22. The predicted octanol–water partition coefficient (Wildman–Crippen LogP) is 1.28. The number of carbonyl (C=O) groups excluding carboxylic acids is 3. The molecule has 1 aromatic heterocycles. The van der Waals surface area contributed by atoms with Crippen molar-refractivity contribution in [2.45, 2.75) is 38.5 Å². The summed E-state index contributed by atoms with van der Waals surface area (Å²) in [6.45, 7) is 3.77. The number of rotatable bonds is 15. The predicted molar refractivity (Wildman–Crippen MR) is 152 cm³/mol. The molecular formula is C29H35N7O6. The first-order valence-electron chi connectivity index (χ1n) is 14.0. The SMILES string of the molecule is NCOCCOCCOCCn1cc(CNc2ccc3c(c2-c2ccccc2)C(=O)N(C2CCC(=O)NC2=O)C3)nn1. The Bertz CT molecular complexity index is 1400. The Kier molecular flexibility index (Phi) is 9.87. The number of nitrogens with zero attached hydrogens (tertiary/aromatic N) is 4. The molecule has 1 fully saturated rings. The number of ether oxygens (including phenoxy) is 3. The van der Waals surface area contributed by atoms with E-state index < -0.39 is 11.9 Å². The minimum atomic E-state index is -0.676. The summed E-state index contributed by atoms with van der Waals surface area (Å²) < 4.78 is 17.7. The monoisotopic (exact) mass is 577 g/mol. The average molecular weight is 578 g/mol. The molecule has 1 atom stereocenters. The maximum atomic E-state index is 13.8. The smallest absolute Gasteiger partial charge is 0.255 e. The number of nitrogens with one attached hydrogen (secondary N) is 2. The molecule has 2 aliphatic heterocycles. The molecule has 5 rings (SSSR count). The molecule has 222 valence electrons. The Morgan fingerprint density at radius 1 is 0.952 bits per heavy atom. The maximum absolute atomic E-state index is 13.8. The standard InChI is InChI=1S/C29H35N7O6/c30-19-42-15-14-41-13-12-40-11-10-35-18-22(33-34-35)16-31-23-7-6-21-17-36(24-8-9-25(37)32-28(24)38)29(39)27(21)26(23)20-4-2-1-3-5-20/h1-7,18,24,31H,8-17,19,30H2,(H,32,37,38). The van der Waals surface area contributed by atoms with Crippen LogP contribution in [0.25, 0.3) is 11.1 Å². The highest BCUT2D eigenvalue weighted by Crippen LogP contribution is 2.39. The summed E-state index contributed by atoms with van der Waals surface area (Å²) >= 11 is 0. The van der Waals surface area contributed by atoms with Gasteiger partial charge in [0.1, 0.15) is 11.7 Å². The summed E-state index contributed by atoms with van der Waals surface area (Å²) in [6.07, 6.45) is 2.37. The molecule has 4 N–H and O–H groups in total. The Labute approximate surface area is 243 Å². The van der Waals surface area contributed by atoms with E-state index in [1.807, 2.05) is 48.7 Å². The molecule has 3 heterocycles. The van der Waals surface area contributed by atoms with Crippen molar-refractivity contribution in [3.05, 3.63) is 65.5 Å². The summed E-state index contributed by atoms with van der Waals surface area (Å²) in [7, 11) is 0. The van der Waals surface area contributed by atoms with Crippen molar-refractivity contribution in [3.63, 3.8) is 0 Å². The fourth-order valence-electron chi connectivity index (χ4n) is 5.10. The van der Waals surface area contributed by atoms with E-state index in [1.54, 1.807) is 9.58 Å². The summed E-state index contributed by atoms with van der Waals surface area (Å²) in [5.41, 5.74) is 9.81. The van der Waals surface area contributed by atoms with E-state index >= 15 is 0 Å². The second-order valence-corrected chi connectivity index (χ2v) is 9.91. The lowest BCUT2D eigenvalue weighted by atomic mass is 9.94. The molecule has 0 saturated carbocycles. The first kappa shape index (κ1) is 29.3. The second kappa shape index (κ2) is 14.1. The first-order chi connectivity index (χ1) is 20.5. The molecule has 0 aliphatic carbocycles. The molecule has 13 heteroatoms. The quantitative estimate of drug-likeness (QED) is 0.136. The van der Waals surface area contributed by atoms with Crippen molar-refractivity contribution in [2.75, 3.05) is 45.1 Å². The van der Waals surface area contributed by atoms with Crippen molar-refractivity contribution < 1.29 is 28.6 Å². The zero-order valence-corrected chi connectivity index (χ0v) is 23.3. The zero-order chi connectivity index (χ0) is 29.3. The molecule has 3 amide bonds. The lowest BCUT2D eigenvalue weighted by Crippen LogP contribution is -2.52. The zero-order valence-electron chi connectivity index (χ0n) is 23.3. The van der Waals surface area contributed by atoms with Crippen LogP contribution >= 0.6 is 0 Å². The van der Waals surface area contributed by atoms with Gasteiger partial charge in [-0.05, 0) is 23.6 Å². The van der Waals surface area contributed by atoms with Crippen LogP contribution in [0.4, 0.5) is 5.69 Å². The van der Waals surface area contributed by atoms with E-state index in [9.17, 15) is 14.4 Å². The van der Waals surface area contributed by atoms with Gasteiger partial charge in [0.2, 0.25) is 11.8 Å². The third kappa shape index (κ3) is 6.99. The Morgan fingerprint density at radius 2 is 1.71 bits per heavy atom. The van der Waals surface area contributed by atoms with E-state index in [0.717, 1.165) is 28.1 Å². The number of amides is 3. The van der Waals surface area contributed by atoms with Crippen LogP contribution in [0.2, 0.25) is 0 Å². The Hall–Kier alpha value is -4.17. The molecule has 2 aromatic carbocycles. The maximum Gasteiger partial charge on any atom is 0.255 e. The van der Waals surface area contributed by atoms with Crippen LogP contribution in [0.5, 0.6) is 0 Å². The fraction of sp³-hybridized carbons (Fsp3) is 0.414. The van der Waals surface area contributed by atoms with Gasteiger partial charge in [-0.3, -0.25) is 19.7 Å². The summed E-state index contributed by atoms with van der Waals surface area (Å²) in [4.78, 5) is 39.5. The van der Waals surface area contributed by atoms with E-state index in [0.29, 0.717) is 64.7 Å². The molecule has 0 radical (unpaired) electrons. The highest BCUT2D eigenvalue weighted by Gasteiger charge is 2.40. The van der Waals surface area contributed by atoms with Gasteiger partial charge in [0.25, 0.3) is 5.91 Å². The molecular weight excluding hydrogens is 542 g/mol. The van der Waals surface area contributed by atoms with Crippen molar-refractivity contribution in [3.8, 4) is 11.1 Å². The highest BCUT2D eigenvalue weighted by atomic mass is 16.5. The van der Waals surface area contributed by atoms with E-state index in [1.165, 1.54) is 0 Å². The Morgan fingerprint density at radius 3 is 2.48 bits per heavy atom. The average Bonchev–Trinajstić information content (AvgIpc) is 3.59. The van der Waals surface area contributed by atoms with Gasteiger partial charge in [-0.15, -0.1) is 5.10 Å². The normalized spacial score (nSPS) is 16.5. The van der Waals surface area contributed by atoms with Crippen LogP contribution in [-0.4, -0.2) is 83.4 Å². The largest absolute Gasteiger partial charge is 0.379 e. The molecule has 13 nitrogen and oxygen atoms in total. The molecule has 42 heavy (non-hydrogen) atoms. The van der Waals surface area contributed by atoms with Crippen LogP contribution in [0, 0.1) is 0 Å². The van der Waals surface area contributed by atoms with Crippen LogP contribution < -0.4 is 16.4 Å². The van der Waals surface area contributed by atoms with E-state index in [-0.39, 0.29) is 25.0 Å². The van der Waals surface area contributed by atoms with Gasteiger partial charge < -0.3 is 30.2 Å². The second-order valence-electron chi connectivity index (χ2n) is 9.91. The topological polar surface area (TPSA) is 163 Å². The molecule has 0 bridgehead atoms. The van der Waals surface area contributed by atoms with E-state index in [2.05, 4.69) is 20.9 Å². The number of hydrogen-bond acceptors (Lipinski definition) is 10. The molecule has 3 aromatic rings. The van der Waals surface area contributed by atoms with Gasteiger partial charge in [0.05, 0.1) is 64.6 Å². The summed E-state index contributed by atoms with van der Waals surface area (Å²) in [6, 6.07) is 12.9. The van der Waals surface area contributed by atoms with Crippen molar-refractivity contribution in [1.82, 2.24) is 25.2 Å². The van der Waals surface area contributed by atoms with Gasteiger partial charge in [-0.1, -0.05) is 41.6 Å². The molecule has 0 spiro atoms. The third-order valence-corrected chi connectivity index (χ3v) is 7.13. The highest BCUT2D eigenvalue weighted by molar-refractivity contribution is 6.10. The number of fused-ring (bicyclic) bond motifs is 1. The summed E-state index contributed by atoms with van der Waals surface area (Å²) in [5, 5.41) is 14.2. The number of piperidine rings is 1. The number of carbonyl (C=O) groups is 3. The lowest BCUT2D eigenvalue weighted by molar-refractivity contribution is -0.136. The fourth-order valence-corrected chi connectivity index (χ4v) is 5.10. The van der Waals surface area contributed by atoms with E-state index in [4.69, 9.17) is 19.9 Å². The first-order valence-corrected chi connectivity index (χ1v) is 14.0. The van der Waals surface area contributed by atoms with Crippen molar-refractivity contribution >= 4 is 23.4 Å². The van der Waals surface area contributed by atoms with Crippen LogP contribution in [-0.2, 0) is 43.4 Å². The van der Waals surface area contributed by atoms with Crippen molar-refractivity contribution in [1.29, 1.82) is 0 Å². The lowest BCUT2D eigenvalue weighted by Gasteiger charge is -2.29. The van der Waals surface area contributed by atoms with Crippen LogP contribution in [0.1, 0.15) is 34.5 Å². The number of aromatic nitrogens is 3. The number of hydrogen-bond donors (Lipinski definition) is 3. The molecule has 1 saturated heterocycles. The van der Waals surface area contributed by atoms with Crippen molar-refractivity contribution in [2.24, 2.45) is 5.73 Å². The van der Waals surface area contributed by atoms with Gasteiger partial charge >= 0.3 is 0 Å². The minimum absolute atomic E-state index is 0.182. The van der Waals surface area contributed by atoms with Crippen LogP contribution in [0.3, 0.4) is 0 Å². The van der Waals surface area contributed by atoms with Gasteiger partial charge in [0, 0.05) is 24.2 Å². The summed E-state index contributed by atoms with van der Waals surface area (Å²) in [5.74, 6) is -0.957. The van der Waals surface area contributed by atoms with Gasteiger partial charge in [0.15, 0.2) is 0 Å². The molecule has 2 aliphatic rings. The van der Waals surface area contributed by atoms with Crippen LogP contribution in [0.15, 0.2) is 48.7 Å². The third-order valence-electron chi connectivity index (χ3n) is 7.13. The number of nitrogens with two attached hydrogens (primary N) is 1. The molecule has 1 unspecified atom stereocenters. The van der Waals surface area contributed by atoms with Gasteiger partial charge in [-0.2, -0.15) is 0 Å². The number of anilines is 1. The minimum Gasteiger partial charge on any atom is -0.379 e. The number of imide groups is 1.